The number of anilines is 1. The molecule has 3 aromatic rings. The molecule has 33 heavy (non-hydrogen) atoms. The summed E-state index contributed by atoms with van der Waals surface area (Å²) in [7, 11) is 0. The van der Waals surface area contributed by atoms with E-state index >= 15 is 0 Å². The normalized spacial score (nSPS) is 12.8. The van der Waals surface area contributed by atoms with E-state index in [4.69, 9.17) is 19.6 Å². The van der Waals surface area contributed by atoms with Gasteiger partial charge in [-0.3, -0.25) is 9.59 Å². The predicted octanol–water partition coefficient (Wildman–Crippen LogP) is 2.70. The molecule has 4 rings (SSSR count). The lowest BCUT2D eigenvalue weighted by Crippen LogP contribution is -2.24. The molecule has 9 nitrogen and oxygen atoms in total. The van der Waals surface area contributed by atoms with E-state index in [1.807, 2.05) is 0 Å². The van der Waals surface area contributed by atoms with Crippen LogP contribution in [0.3, 0.4) is 0 Å². The predicted molar refractivity (Wildman–Crippen MR) is 122 cm³/mol. The molecule has 0 aliphatic heterocycles. The van der Waals surface area contributed by atoms with Gasteiger partial charge in [0.2, 0.25) is 0 Å². The van der Waals surface area contributed by atoms with Crippen LogP contribution < -0.4 is 21.4 Å². The molecule has 1 aliphatic rings. The van der Waals surface area contributed by atoms with Crippen molar-refractivity contribution in [1.82, 2.24) is 0 Å². The molecule has 0 fully saturated rings. The second-order valence-electron chi connectivity index (χ2n) is 7.68. The van der Waals surface area contributed by atoms with Crippen molar-refractivity contribution in [3.8, 4) is 5.75 Å². The maximum atomic E-state index is 12.3. The second-order valence-corrected chi connectivity index (χ2v) is 8.79. The average Bonchev–Trinajstić information content (AvgIpc) is 3.13. The van der Waals surface area contributed by atoms with Crippen LogP contribution in [-0.2, 0) is 27.2 Å². The molecule has 172 valence electrons. The molecular weight excluding hydrogens is 448 g/mol. The Balaban J connectivity index is 1.32. The summed E-state index contributed by atoms with van der Waals surface area (Å²) in [5, 5.41) is 3.77. The fourth-order valence-corrected chi connectivity index (χ4v) is 5.11. The molecule has 2 amide bonds. The van der Waals surface area contributed by atoms with E-state index in [1.54, 1.807) is 19.1 Å². The van der Waals surface area contributed by atoms with Gasteiger partial charge in [0.15, 0.2) is 13.2 Å². The van der Waals surface area contributed by atoms with E-state index in [-0.39, 0.29) is 0 Å². The minimum Gasteiger partial charge on any atom is -0.482 e. The number of amides is 2. The van der Waals surface area contributed by atoms with Crippen molar-refractivity contribution >= 4 is 45.1 Å². The number of primary amides is 1. The minimum absolute atomic E-state index is 0.313. The Morgan fingerprint density at radius 2 is 1.94 bits per heavy atom. The number of fused-ring (bicyclic) bond motifs is 2. The van der Waals surface area contributed by atoms with Crippen molar-refractivity contribution in [1.29, 1.82) is 0 Å². The van der Waals surface area contributed by atoms with E-state index in [0.717, 1.165) is 47.1 Å². The summed E-state index contributed by atoms with van der Waals surface area (Å²) >= 11 is 1.33. The zero-order valence-electron chi connectivity index (χ0n) is 17.9. The summed E-state index contributed by atoms with van der Waals surface area (Å²) in [4.78, 5) is 48.8. The van der Waals surface area contributed by atoms with Crippen LogP contribution in [0.2, 0.25) is 0 Å². The highest BCUT2D eigenvalue weighted by Crippen LogP contribution is 2.37. The molecule has 0 unspecified atom stereocenters. The smallest absolute Gasteiger partial charge is 0.344 e. The summed E-state index contributed by atoms with van der Waals surface area (Å²) < 4.78 is 15.5. The molecule has 0 radical (unpaired) electrons. The quantitative estimate of drug-likeness (QED) is 0.400. The second kappa shape index (κ2) is 9.45. The molecule has 2 heterocycles. The Bertz CT molecular complexity index is 1310. The fourth-order valence-electron chi connectivity index (χ4n) is 3.80. The van der Waals surface area contributed by atoms with Gasteiger partial charge < -0.3 is 24.9 Å². The standard InChI is InChI=1S/C23H22N2O7S/c1-12-8-19(27)32-16-9-13(6-7-14(12)16)30-11-20(28)31-10-18(26)25-23-21(22(24)29)15-4-2-3-5-17(15)33-23/h6-9H,2-5,10-11H2,1H3,(H2,24,29)(H,25,26). The highest BCUT2D eigenvalue weighted by atomic mass is 32.1. The van der Waals surface area contributed by atoms with Gasteiger partial charge >= 0.3 is 11.6 Å². The molecule has 2 aromatic heterocycles. The number of nitrogens with one attached hydrogen (secondary N) is 1. The minimum atomic E-state index is -0.753. The number of ether oxygens (including phenoxy) is 2. The molecule has 1 aromatic carbocycles. The summed E-state index contributed by atoms with van der Waals surface area (Å²) in [5.74, 6) is -1.60. The molecule has 10 heteroatoms. The van der Waals surface area contributed by atoms with Crippen molar-refractivity contribution in [2.24, 2.45) is 5.73 Å². The maximum absolute atomic E-state index is 12.3. The number of esters is 1. The summed E-state index contributed by atoms with van der Waals surface area (Å²) in [6.45, 7) is 0.823. The molecule has 3 N–H and O–H groups in total. The number of benzene rings is 1. The first kappa shape index (κ1) is 22.5. The third-order valence-electron chi connectivity index (χ3n) is 5.31. The van der Waals surface area contributed by atoms with Crippen LogP contribution in [-0.4, -0.2) is 31.0 Å². The van der Waals surface area contributed by atoms with Crippen LogP contribution in [0.4, 0.5) is 5.00 Å². The maximum Gasteiger partial charge on any atom is 0.344 e. The van der Waals surface area contributed by atoms with Crippen molar-refractivity contribution in [2.45, 2.75) is 32.6 Å². The van der Waals surface area contributed by atoms with Crippen LogP contribution in [0.5, 0.6) is 5.75 Å². The number of rotatable bonds is 7. The molecule has 0 saturated carbocycles. The molecule has 0 saturated heterocycles. The van der Waals surface area contributed by atoms with Crippen LogP contribution >= 0.6 is 11.3 Å². The van der Waals surface area contributed by atoms with Gasteiger partial charge in [-0.15, -0.1) is 11.3 Å². The molecule has 0 bridgehead atoms. The van der Waals surface area contributed by atoms with E-state index in [0.29, 0.717) is 21.9 Å². The van der Waals surface area contributed by atoms with Crippen molar-refractivity contribution in [3.05, 3.63) is 56.3 Å². The van der Waals surface area contributed by atoms with E-state index < -0.39 is 36.6 Å². The van der Waals surface area contributed by atoms with E-state index in [9.17, 15) is 19.2 Å². The highest BCUT2D eigenvalue weighted by molar-refractivity contribution is 7.17. The Hall–Kier alpha value is -3.66. The summed E-state index contributed by atoms with van der Waals surface area (Å²) in [6.07, 6.45) is 3.60. The first-order valence-electron chi connectivity index (χ1n) is 10.4. The topological polar surface area (TPSA) is 138 Å². The van der Waals surface area contributed by atoms with Gasteiger partial charge in [0.05, 0.1) is 5.56 Å². The van der Waals surface area contributed by atoms with Crippen molar-refractivity contribution < 1.29 is 28.3 Å². The molecular formula is C23H22N2O7S. The lowest BCUT2D eigenvalue weighted by atomic mass is 9.95. The first-order valence-corrected chi connectivity index (χ1v) is 11.2. The summed E-state index contributed by atoms with van der Waals surface area (Å²) in [6, 6.07) is 6.26. The van der Waals surface area contributed by atoms with Gasteiger partial charge in [-0.05, 0) is 55.9 Å². The first-order chi connectivity index (χ1) is 15.8. The van der Waals surface area contributed by atoms with Gasteiger partial charge in [-0.25, -0.2) is 9.59 Å². The number of carbonyl (C=O) groups is 3. The third kappa shape index (κ3) is 5.06. The summed E-state index contributed by atoms with van der Waals surface area (Å²) in [5.41, 5.74) is 7.40. The Labute approximate surface area is 192 Å². The van der Waals surface area contributed by atoms with E-state index in [1.165, 1.54) is 23.5 Å². The van der Waals surface area contributed by atoms with Crippen molar-refractivity contribution in [3.63, 3.8) is 0 Å². The van der Waals surface area contributed by atoms with Crippen molar-refractivity contribution in [2.75, 3.05) is 18.5 Å². The molecule has 0 spiro atoms. The Kier molecular flexibility index (Phi) is 6.45. The lowest BCUT2D eigenvalue weighted by Gasteiger charge is -2.11. The number of nitrogens with two attached hydrogens (primary N) is 1. The third-order valence-corrected chi connectivity index (χ3v) is 6.52. The highest BCUT2D eigenvalue weighted by Gasteiger charge is 2.25. The van der Waals surface area contributed by atoms with Gasteiger partial charge in [-0.1, -0.05) is 0 Å². The number of thiophene rings is 1. The van der Waals surface area contributed by atoms with Crippen LogP contribution in [0.1, 0.15) is 39.2 Å². The Morgan fingerprint density at radius 1 is 1.15 bits per heavy atom. The zero-order chi connectivity index (χ0) is 23.5. The average molecular weight is 471 g/mol. The van der Waals surface area contributed by atoms with Gasteiger partial charge in [0.1, 0.15) is 16.3 Å². The van der Waals surface area contributed by atoms with Crippen LogP contribution in [0.15, 0.2) is 33.5 Å². The van der Waals surface area contributed by atoms with Gasteiger partial charge in [0.25, 0.3) is 11.8 Å². The monoisotopic (exact) mass is 470 g/mol. The van der Waals surface area contributed by atoms with Gasteiger partial charge in [-0.2, -0.15) is 0 Å². The number of carbonyl (C=O) groups excluding carboxylic acids is 3. The number of hydrogen-bond donors (Lipinski definition) is 2. The zero-order valence-corrected chi connectivity index (χ0v) is 18.7. The lowest BCUT2D eigenvalue weighted by molar-refractivity contribution is -0.149. The number of hydrogen-bond acceptors (Lipinski definition) is 8. The molecule has 0 atom stereocenters. The van der Waals surface area contributed by atoms with Crippen LogP contribution in [0.25, 0.3) is 11.0 Å². The largest absolute Gasteiger partial charge is 0.482 e. The van der Waals surface area contributed by atoms with Crippen LogP contribution in [0, 0.1) is 6.92 Å². The van der Waals surface area contributed by atoms with Gasteiger partial charge in [0, 0.05) is 22.4 Å². The Morgan fingerprint density at radius 3 is 2.73 bits per heavy atom. The van der Waals surface area contributed by atoms with E-state index in [2.05, 4.69) is 5.32 Å². The number of aryl methyl sites for hydroxylation is 2. The SMILES string of the molecule is Cc1cc(=O)oc2cc(OCC(=O)OCC(=O)Nc3sc4c(c3C(N)=O)CCCC4)ccc12. The molecule has 1 aliphatic carbocycles. The fraction of sp³-hybridized carbons (Fsp3) is 0.304.